The van der Waals surface area contributed by atoms with Gasteiger partial charge in [-0.2, -0.15) is 0 Å². The lowest BCUT2D eigenvalue weighted by Gasteiger charge is -2.24. The van der Waals surface area contributed by atoms with Crippen LogP contribution in [0.2, 0.25) is 0 Å². The molecule has 0 heterocycles. The molecule has 1 aliphatic carbocycles. The fourth-order valence-corrected chi connectivity index (χ4v) is 4.27. The summed E-state index contributed by atoms with van der Waals surface area (Å²) in [6.07, 6.45) is 30.4. The number of unbranched alkanes of at least 4 members (excludes halogenated alkanes) is 12. The van der Waals surface area contributed by atoms with Crippen LogP contribution in [0.25, 0.3) is 0 Å². The standard InChI is InChI=1S/C30H50O4/c1-3-5-7-9-11-13-15-17-21-25-33-29(31)27-23-19-20-24-28(27)30(32)34-26-22-18-16-14-12-10-8-6-4-2/h17-22,27-28H,3-16,23-26H2,1-2H3. The van der Waals surface area contributed by atoms with Crippen LogP contribution in [0.5, 0.6) is 0 Å². The summed E-state index contributed by atoms with van der Waals surface area (Å²) in [6, 6.07) is 0. The Bertz CT molecular complexity index is 553. The lowest BCUT2D eigenvalue weighted by atomic mass is 9.83. The minimum Gasteiger partial charge on any atom is -0.461 e. The van der Waals surface area contributed by atoms with Gasteiger partial charge in [-0.05, 0) is 38.5 Å². The molecule has 0 aromatic heterocycles. The molecular formula is C30H50O4. The highest BCUT2D eigenvalue weighted by Gasteiger charge is 2.36. The van der Waals surface area contributed by atoms with Crippen molar-refractivity contribution in [1.82, 2.24) is 0 Å². The van der Waals surface area contributed by atoms with Gasteiger partial charge in [0.15, 0.2) is 0 Å². The predicted octanol–water partition coefficient (Wildman–Crippen LogP) is 8.27. The third kappa shape index (κ3) is 15.1. The predicted molar refractivity (Wildman–Crippen MR) is 142 cm³/mol. The molecule has 0 aliphatic heterocycles. The highest BCUT2D eigenvalue weighted by molar-refractivity contribution is 5.82. The van der Waals surface area contributed by atoms with Gasteiger partial charge in [0.1, 0.15) is 13.2 Å². The molecule has 0 aromatic rings. The van der Waals surface area contributed by atoms with Crippen molar-refractivity contribution in [3.8, 4) is 0 Å². The highest BCUT2D eigenvalue weighted by atomic mass is 16.5. The van der Waals surface area contributed by atoms with Crippen LogP contribution >= 0.6 is 0 Å². The molecule has 0 radical (unpaired) electrons. The van der Waals surface area contributed by atoms with Gasteiger partial charge in [0.05, 0.1) is 11.8 Å². The molecule has 0 saturated carbocycles. The largest absolute Gasteiger partial charge is 0.461 e. The third-order valence-corrected chi connectivity index (χ3v) is 6.46. The van der Waals surface area contributed by atoms with Crippen molar-refractivity contribution >= 4 is 11.9 Å². The molecule has 4 nitrogen and oxygen atoms in total. The summed E-state index contributed by atoms with van der Waals surface area (Å²) in [6.45, 7) is 5.01. The maximum Gasteiger partial charge on any atom is 0.310 e. The van der Waals surface area contributed by atoms with Crippen LogP contribution in [-0.4, -0.2) is 25.2 Å². The molecule has 1 aliphatic rings. The van der Waals surface area contributed by atoms with Crippen molar-refractivity contribution < 1.29 is 19.1 Å². The first-order valence-corrected chi connectivity index (χ1v) is 14.0. The van der Waals surface area contributed by atoms with Gasteiger partial charge in [-0.3, -0.25) is 9.59 Å². The Morgan fingerprint density at radius 3 is 1.41 bits per heavy atom. The summed E-state index contributed by atoms with van der Waals surface area (Å²) in [5.41, 5.74) is 0. The summed E-state index contributed by atoms with van der Waals surface area (Å²) >= 11 is 0. The molecule has 0 bridgehead atoms. The van der Waals surface area contributed by atoms with Gasteiger partial charge in [0, 0.05) is 0 Å². The van der Waals surface area contributed by atoms with Crippen molar-refractivity contribution in [2.45, 2.75) is 117 Å². The summed E-state index contributed by atoms with van der Waals surface area (Å²) in [7, 11) is 0. The first-order chi connectivity index (χ1) is 16.7. The second-order valence-corrected chi connectivity index (χ2v) is 9.47. The second kappa shape index (κ2) is 21.7. The lowest BCUT2D eigenvalue weighted by molar-refractivity contribution is -0.159. The van der Waals surface area contributed by atoms with Crippen LogP contribution in [0.3, 0.4) is 0 Å². The first kappa shape index (κ1) is 30.2. The molecule has 0 aromatic carbocycles. The summed E-state index contributed by atoms with van der Waals surface area (Å²) in [4.78, 5) is 25.2. The Balaban J connectivity index is 2.22. The summed E-state index contributed by atoms with van der Waals surface area (Å²) < 4.78 is 10.9. The van der Waals surface area contributed by atoms with E-state index in [4.69, 9.17) is 9.47 Å². The zero-order valence-corrected chi connectivity index (χ0v) is 22.0. The maximum absolute atomic E-state index is 12.6. The first-order valence-electron chi connectivity index (χ1n) is 14.0. The Morgan fingerprint density at radius 2 is 1.00 bits per heavy atom. The van der Waals surface area contributed by atoms with Crippen LogP contribution in [0.4, 0.5) is 0 Å². The average Bonchev–Trinajstić information content (AvgIpc) is 2.86. The van der Waals surface area contributed by atoms with Crippen LogP contribution in [-0.2, 0) is 19.1 Å². The minimum absolute atomic E-state index is 0.276. The Morgan fingerprint density at radius 1 is 0.618 bits per heavy atom. The number of hydrogen-bond donors (Lipinski definition) is 0. The molecule has 1 rings (SSSR count). The van der Waals surface area contributed by atoms with E-state index in [1.54, 1.807) is 0 Å². The average molecular weight is 475 g/mol. The van der Waals surface area contributed by atoms with E-state index in [9.17, 15) is 9.59 Å². The van der Waals surface area contributed by atoms with E-state index in [0.29, 0.717) is 12.8 Å². The van der Waals surface area contributed by atoms with Crippen molar-refractivity contribution in [2.75, 3.05) is 13.2 Å². The van der Waals surface area contributed by atoms with Gasteiger partial charge < -0.3 is 9.47 Å². The van der Waals surface area contributed by atoms with Crippen LogP contribution in [0.15, 0.2) is 36.5 Å². The van der Waals surface area contributed by atoms with Crippen LogP contribution in [0.1, 0.15) is 117 Å². The van der Waals surface area contributed by atoms with E-state index in [2.05, 4.69) is 26.0 Å². The van der Waals surface area contributed by atoms with E-state index in [0.717, 1.165) is 12.8 Å². The molecule has 2 atom stereocenters. The van der Waals surface area contributed by atoms with Crippen molar-refractivity contribution in [3.63, 3.8) is 0 Å². The van der Waals surface area contributed by atoms with E-state index >= 15 is 0 Å². The molecular weight excluding hydrogens is 424 g/mol. The number of ether oxygens (including phenoxy) is 2. The number of carbonyl (C=O) groups is 2. The molecule has 0 fully saturated rings. The molecule has 0 amide bonds. The smallest absolute Gasteiger partial charge is 0.310 e. The fourth-order valence-electron chi connectivity index (χ4n) is 4.27. The monoisotopic (exact) mass is 474 g/mol. The maximum atomic E-state index is 12.6. The zero-order chi connectivity index (χ0) is 24.7. The van der Waals surface area contributed by atoms with Gasteiger partial charge in [-0.25, -0.2) is 0 Å². The van der Waals surface area contributed by atoms with Gasteiger partial charge in [-0.1, -0.05) is 115 Å². The van der Waals surface area contributed by atoms with Gasteiger partial charge >= 0.3 is 11.9 Å². The summed E-state index contributed by atoms with van der Waals surface area (Å²) in [5, 5.41) is 0. The van der Waals surface area contributed by atoms with Gasteiger partial charge in [-0.15, -0.1) is 0 Å². The number of esters is 2. The van der Waals surface area contributed by atoms with E-state index in [-0.39, 0.29) is 25.2 Å². The molecule has 194 valence electrons. The number of allylic oxidation sites excluding steroid dienone is 4. The second-order valence-electron chi connectivity index (χ2n) is 9.47. The Kier molecular flexibility index (Phi) is 19.2. The van der Waals surface area contributed by atoms with E-state index in [1.165, 1.54) is 77.0 Å². The quantitative estimate of drug-likeness (QED) is 0.101. The van der Waals surface area contributed by atoms with Crippen molar-refractivity contribution in [2.24, 2.45) is 11.8 Å². The molecule has 4 heteroatoms. The Hall–Kier alpha value is -1.84. The van der Waals surface area contributed by atoms with E-state index in [1.807, 2.05) is 24.3 Å². The fraction of sp³-hybridized carbons (Fsp3) is 0.733. The van der Waals surface area contributed by atoms with Crippen LogP contribution in [0, 0.1) is 11.8 Å². The third-order valence-electron chi connectivity index (χ3n) is 6.46. The van der Waals surface area contributed by atoms with Gasteiger partial charge in [0.2, 0.25) is 0 Å². The topological polar surface area (TPSA) is 52.6 Å². The number of carbonyl (C=O) groups excluding carboxylic acids is 2. The van der Waals surface area contributed by atoms with Crippen LogP contribution < -0.4 is 0 Å². The SMILES string of the molecule is CCCCCCCCC=CCOC(=O)C1CC=CCC1C(=O)OCC=CCCCCCCCC. The lowest BCUT2D eigenvalue weighted by Crippen LogP contribution is -2.33. The van der Waals surface area contributed by atoms with E-state index < -0.39 is 11.8 Å². The molecule has 0 saturated heterocycles. The molecule has 34 heavy (non-hydrogen) atoms. The Labute approximate surface area is 209 Å². The number of rotatable bonds is 20. The minimum atomic E-state index is -0.448. The summed E-state index contributed by atoms with van der Waals surface area (Å²) in [5.74, 6) is -1.49. The normalized spacial score (nSPS) is 18.1. The van der Waals surface area contributed by atoms with Crippen molar-refractivity contribution in [1.29, 1.82) is 0 Å². The number of hydrogen-bond acceptors (Lipinski definition) is 4. The van der Waals surface area contributed by atoms with Gasteiger partial charge in [0.25, 0.3) is 0 Å². The zero-order valence-electron chi connectivity index (χ0n) is 22.0. The molecule has 0 N–H and O–H groups in total. The highest BCUT2D eigenvalue weighted by Crippen LogP contribution is 2.28. The molecule has 0 spiro atoms. The van der Waals surface area contributed by atoms with Crippen molar-refractivity contribution in [3.05, 3.63) is 36.5 Å². The molecule has 2 unspecified atom stereocenters.